The van der Waals surface area contributed by atoms with Gasteiger partial charge in [0.1, 0.15) is 6.54 Å². The molecule has 0 saturated carbocycles. The van der Waals surface area contributed by atoms with E-state index < -0.39 is 18.6 Å². The predicted molar refractivity (Wildman–Crippen MR) is 98.3 cm³/mol. The van der Waals surface area contributed by atoms with Crippen molar-refractivity contribution >= 4 is 11.9 Å². The second kappa shape index (κ2) is 9.59. The molecule has 9 heteroatoms. The number of aliphatic imine (C=N–C) groups is 1. The summed E-state index contributed by atoms with van der Waals surface area (Å²) in [5, 5.41) is 2.87. The number of nitrogens with one attached hydrogen (secondary N) is 1. The molecule has 1 aromatic rings. The molecule has 0 atom stereocenters. The number of carbonyl (C=O) groups is 1. The normalized spacial score (nSPS) is 16.3. The van der Waals surface area contributed by atoms with Crippen LogP contribution in [-0.2, 0) is 11.3 Å². The first-order valence-electron chi connectivity index (χ1n) is 8.81. The van der Waals surface area contributed by atoms with Gasteiger partial charge in [-0.05, 0) is 5.56 Å². The molecule has 1 N–H and O–H groups in total. The van der Waals surface area contributed by atoms with Gasteiger partial charge in [-0.25, -0.2) is 0 Å². The summed E-state index contributed by atoms with van der Waals surface area (Å²) >= 11 is 0. The number of benzene rings is 1. The maximum Gasteiger partial charge on any atom is 0.406 e. The third kappa shape index (κ3) is 7.09. The second-order valence-corrected chi connectivity index (χ2v) is 6.51. The molecule has 0 aromatic heterocycles. The van der Waals surface area contributed by atoms with Gasteiger partial charge in [0.2, 0.25) is 5.91 Å². The third-order valence-electron chi connectivity index (χ3n) is 4.37. The highest BCUT2D eigenvalue weighted by Gasteiger charge is 2.31. The Morgan fingerprint density at radius 2 is 1.81 bits per heavy atom. The van der Waals surface area contributed by atoms with Crippen LogP contribution >= 0.6 is 0 Å². The third-order valence-corrected chi connectivity index (χ3v) is 4.37. The number of alkyl halides is 3. The van der Waals surface area contributed by atoms with Crippen molar-refractivity contribution in [3.63, 3.8) is 0 Å². The Morgan fingerprint density at radius 1 is 1.19 bits per heavy atom. The smallest absolute Gasteiger partial charge is 0.347 e. The summed E-state index contributed by atoms with van der Waals surface area (Å²) in [4.78, 5) is 21.0. The molecule has 0 bridgehead atoms. The van der Waals surface area contributed by atoms with Crippen molar-refractivity contribution < 1.29 is 18.0 Å². The molecule has 1 amide bonds. The number of hydrogen-bond acceptors (Lipinski definition) is 3. The van der Waals surface area contributed by atoms with E-state index >= 15 is 0 Å². The van der Waals surface area contributed by atoms with Gasteiger partial charge in [0.05, 0.1) is 6.54 Å². The summed E-state index contributed by atoms with van der Waals surface area (Å²) in [5.41, 5.74) is 1.26. The van der Waals surface area contributed by atoms with Crippen LogP contribution in [0.15, 0.2) is 35.3 Å². The van der Waals surface area contributed by atoms with Crippen molar-refractivity contribution in [2.75, 3.05) is 53.4 Å². The Kier molecular flexibility index (Phi) is 7.46. The lowest BCUT2D eigenvalue weighted by atomic mass is 10.2. The minimum Gasteiger partial charge on any atom is -0.347 e. The first-order valence-corrected chi connectivity index (χ1v) is 8.81. The van der Waals surface area contributed by atoms with Gasteiger partial charge in [0.15, 0.2) is 5.96 Å². The zero-order chi connectivity index (χ0) is 19.9. The summed E-state index contributed by atoms with van der Waals surface area (Å²) in [6, 6.07) is 10.2. The SMILES string of the molecule is CN=C(NCC(=O)N(C)CC(F)(F)F)N1CCN(Cc2ccccc2)CC1. The van der Waals surface area contributed by atoms with Crippen LogP contribution in [0, 0.1) is 0 Å². The average molecular weight is 385 g/mol. The van der Waals surface area contributed by atoms with Crippen molar-refractivity contribution in [3.8, 4) is 0 Å². The van der Waals surface area contributed by atoms with Gasteiger partial charge < -0.3 is 15.1 Å². The van der Waals surface area contributed by atoms with Crippen LogP contribution in [0.2, 0.25) is 0 Å². The van der Waals surface area contributed by atoms with Crippen LogP contribution in [-0.4, -0.2) is 86.1 Å². The van der Waals surface area contributed by atoms with Crippen LogP contribution in [0.4, 0.5) is 13.2 Å². The zero-order valence-electron chi connectivity index (χ0n) is 15.7. The lowest BCUT2D eigenvalue weighted by Gasteiger charge is -2.36. The highest BCUT2D eigenvalue weighted by Crippen LogP contribution is 2.15. The van der Waals surface area contributed by atoms with Gasteiger partial charge in [-0.2, -0.15) is 13.2 Å². The number of guanidine groups is 1. The number of nitrogens with zero attached hydrogens (tertiary/aromatic N) is 4. The molecule has 6 nitrogen and oxygen atoms in total. The summed E-state index contributed by atoms with van der Waals surface area (Å²) < 4.78 is 37.1. The number of piperazine rings is 1. The van der Waals surface area contributed by atoms with Crippen LogP contribution in [0.25, 0.3) is 0 Å². The quantitative estimate of drug-likeness (QED) is 0.615. The number of hydrogen-bond donors (Lipinski definition) is 1. The summed E-state index contributed by atoms with van der Waals surface area (Å²) in [5.74, 6) is -0.0979. The fourth-order valence-electron chi connectivity index (χ4n) is 2.94. The van der Waals surface area contributed by atoms with Crippen LogP contribution in [0.3, 0.4) is 0 Å². The standard InChI is InChI=1S/C18H26F3N5O/c1-22-17(23-12-16(27)24(2)14-18(19,20)21)26-10-8-25(9-11-26)13-15-6-4-3-5-7-15/h3-7H,8-14H2,1-2H3,(H,22,23). The molecule has 1 aliphatic rings. The number of carbonyl (C=O) groups excluding carboxylic acids is 1. The molecule has 0 spiro atoms. The largest absolute Gasteiger partial charge is 0.406 e. The number of likely N-dealkylation sites (N-methyl/N-ethyl adjacent to an activating group) is 1. The molecule has 0 radical (unpaired) electrons. The van der Waals surface area contributed by atoms with E-state index in [1.807, 2.05) is 23.1 Å². The topological polar surface area (TPSA) is 51.2 Å². The fraction of sp³-hybridized carbons (Fsp3) is 0.556. The van der Waals surface area contributed by atoms with Gasteiger partial charge in [-0.1, -0.05) is 30.3 Å². The Balaban J connectivity index is 1.77. The first-order chi connectivity index (χ1) is 12.8. The molecule has 1 heterocycles. The van der Waals surface area contributed by atoms with Gasteiger partial charge in [-0.15, -0.1) is 0 Å². The summed E-state index contributed by atoms with van der Waals surface area (Å²) in [7, 11) is 2.74. The van der Waals surface area contributed by atoms with Crippen molar-refractivity contribution in [1.29, 1.82) is 0 Å². The van der Waals surface area contributed by atoms with Crippen molar-refractivity contribution in [2.45, 2.75) is 12.7 Å². The van der Waals surface area contributed by atoms with E-state index in [0.29, 0.717) is 10.9 Å². The van der Waals surface area contributed by atoms with E-state index in [4.69, 9.17) is 0 Å². The summed E-state index contributed by atoms with van der Waals surface area (Å²) in [6.45, 7) is 2.56. The second-order valence-electron chi connectivity index (χ2n) is 6.51. The van der Waals surface area contributed by atoms with E-state index in [1.54, 1.807) is 7.05 Å². The van der Waals surface area contributed by atoms with Gasteiger partial charge >= 0.3 is 6.18 Å². The molecule has 27 heavy (non-hydrogen) atoms. The van der Waals surface area contributed by atoms with E-state index in [2.05, 4.69) is 27.3 Å². The predicted octanol–water partition coefficient (Wildman–Crippen LogP) is 1.40. The Labute approximate surface area is 157 Å². The number of halogens is 3. The van der Waals surface area contributed by atoms with Crippen molar-refractivity contribution in [2.24, 2.45) is 4.99 Å². The molecule has 1 aliphatic heterocycles. The van der Waals surface area contributed by atoms with Crippen LogP contribution < -0.4 is 5.32 Å². The van der Waals surface area contributed by atoms with E-state index in [1.165, 1.54) is 5.56 Å². The molecular weight excluding hydrogens is 359 g/mol. The van der Waals surface area contributed by atoms with E-state index in [9.17, 15) is 18.0 Å². The monoisotopic (exact) mass is 385 g/mol. The Morgan fingerprint density at radius 3 is 2.37 bits per heavy atom. The van der Waals surface area contributed by atoms with Crippen LogP contribution in [0.5, 0.6) is 0 Å². The Bertz CT molecular complexity index is 628. The average Bonchev–Trinajstić information content (AvgIpc) is 2.62. The number of amides is 1. The maximum atomic E-state index is 12.4. The fourth-order valence-corrected chi connectivity index (χ4v) is 2.94. The highest BCUT2D eigenvalue weighted by atomic mass is 19.4. The van der Waals surface area contributed by atoms with Gasteiger partial charge in [0.25, 0.3) is 0 Å². The molecule has 1 saturated heterocycles. The molecule has 150 valence electrons. The van der Waals surface area contributed by atoms with Gasteiger partial charge in [0, 0.05) is 46.8 Å². The number of rotatable bonds is 5. The lowest BCUT2D eigenvalue weighted by Crippen LogP contribution is -2.53. The highest BCUT2D eigenvalue weighted by molar-refractivity contribution is 5.86. The molecule has 1 aromatic carbocycles. The van der Waals surface area contributed by atoms with E-state index in [-0.39, 0.29) is 6.54 Å². The van der Waals surface area contributed by atoms with Gasteiger partial charge in [-0.3, -0.25) is 14.7 Å². The van der Waals surface area contributed by atoms with Crippen LogP contribution in [0.1, 0.15) is 5.56 Å². The molecular formula is C18H26F3N5O. The minimum atomic E-state index is -4.40. The first kappa shape index (κ1) is 21.0. The maximum absolute atomic E-state index is 12.4. The zero-order valence-corrected chi connectivity index (χ0v) is 15.7. The van der Waals surface area contributed by atoms with Crippen molar-refractivity contribution in [1.82, 2.24) is 20.0 Å². The minimum absolute atomic E-state index is 0.219. The Hall–Kier alpha value is -2.29. The van der Waals surface area contributed by atoms with E-state index in [0.717, 1.165) is 39.8 Å². The molecule has 0 unspecified atom stereocenters. The lowest BCUT2D eigenvalue weighted by molar-refractivity contribution is -0.157. The molecule has 2 rings (SSSR count). The summed E-state index contributed by atoms with van der Waals surface area (Å²) in [6.07, 6.45) is -4.40. The molecule has 1 fully saturated rings. The molecule has 0 aliphatic carbocycles. The van der Waals surface area contributed by atoms with Crippen molar-refractivity contribution in [3.05, 3.63) is 35.9 Å².